The van der Waals surface area contributed by atoms with E-state index >= 15 is 0 Å². The summed E-state index contributed by atoms with van der Waals surface area (Å²) in [4.78, 5) is 24.6. The third kappa shape index (κ3) is 4.55. The summed E-state index contributed by atoms with van der Waals surface area (Å²) in [5, 5.41) is 18.3. The minimum absolute atomic E-state index is 0.0518. The first-order valence-corrected chi connectivity index (χ1v) is 13.6. The molecule has 8 heteroatoms. The number of halogens is 1. The zero-order valence-electron chi connectivity index (χ0n) is 21.9. The Morgan fingerprint density at radius 2 is 1.82 bits per heavy atom. The van der Waals surface area contributed by atoms with Crippen LogP contribution in [0.5, 0.6) is 5.75 Å². The van der Waals surface area contributed by atoms with E-state index in [2.05, 4.69) is 41.6 Å². The van der Waals surface area contributed by atoms with Gasteiger partial charge in [0.1, 0.15) is 5.75 Å². The zero-order valence-corrected chi connectivity index (χ0v) is 22.6. The number of carbonyl (C=O) groups is 2. The highest BCUT2D eigenvalue weighted by Crippen LogP contribution is 2.58. The molecule has 6 rings (SSSR count). The zero-order chi connectivity index (χ0) is 27.3. The minimum atomic E-state index is -0.714. The Morgan fingerprint density at radius 1 is 1.08 bits per heavy atom. The van der Waals surface area contributed by atoms with Gasteiger partial charge in [0.2, 0.25) is 0 Å². The molecule has 0 aliphatic heterocycles. The Bertz CT molecular complexity index is 1560. The number of carboxylic acid groups (broad SMARTS) is 1. The fourth-order valence-electron chi connectivity index (χ4n) is 6.35. The van der Waals surface area contributed by atoms with Gasteiger partial charge in [-0.15, -0.1) is 0 Å². The number of aliphatic carboxylic acids is 1. The molecule has 0 saturated heterocycles. The van der Waals surface area contributed by atoms with Crippen molar-refractivity contribution >= 4 is 34.4 Å². The van der Waals surface area contributed by atoms with Gasteiger partial charge in [-0.2, -0.15) is 5.10 Å². The molecular formula is C31H30ClN3O4. The average Bonchev–Trinajstić information content (AvgIpc) is 3.35. The van der Waals surface area contributed by atoms with Crippen molar-refractivity contribution in [2.45, 2.75) is 44.7 Å². The summed E-state index contributed by atoms with van der Waals surface area (Å²) in [6.07, 6.45) is 4.79. The summed E-state index contributed by atoms with van der Waals surface area (Å²) >= 11 is 6.51. The number of ether oxygens (including phenoxy) is 1. The molecule has 1 amide bonds. The van der Waals surface area contributed by atoms with Crippen LogP contribution in [0.1, 0.15) is 54.6 Å². The summed E-state index contributed by atoms with van der Waals surface area (Å²) in [6, 6.07) is 19.7. The van der Waals surface area contributed by atoms with Gasteiger partial charge in [-0.1, -0.05) is 48.0 Å². The highest BCUT2D eigenvalue weighted by molar-refractivity contribution is 6.36. The number of nitrogens with one attached hydrogen (secondary N) is 1. The van der Waals surface area contributed by atoms with E-state index in [1.165, 1.54) is 0 Å². The molecule has 1 heterocycles. The molecule has 39 heavy (non-hydrogen) atoms. The lowest BCUT2D eigenvalue weighted by Crippen LogP contribution is -2.57. The fourth-order valence-corrected chi connectivity index (χ4v) is 6.55. The van der Waals surface area contributed by atoms with Crippen molar-refractivity contribution in [3.05, 3.63) is 83.0 Å². The number of benzene rings is 3. The molecule has 1 atom stereocenters. The van der Waals surface area contributed by atoms with Gasteiger partial charge in [-0.05, 0) is 79.0 Å². The molecule has 0 radical (unpaired) electrons. The number of hydrogen-bond donors (Lipinski definition) is 2. The average molecular weight is 544 g/mol. The Hall–Kier alpha value is -3.84. The molecule has 0 bridgehead atoms. The summed E-state index contributed by atoms with van der Waals surface area (Å²) in [5.41, 5.74) is 4.53. The second-order valence-electron chi connectivity index (χ2n) is 11.0. The van der Waals surface area contributed by atoms with E-state index in [0.717, 1.165) is 40.7 Å². The van der Waals surface area contributed by atoms with Crippen LogP contribution in [0.2, 0.25) is 5.02 Å². The third-order valence-electron chi connectivity index (χ3n) is 8.51. The van der Waals surface area contributed by atoms with E-state index in [1.807, 2.05) is 28.9 Å². The van der Waals surface area contributed by atoms with Crippen LogP contribution in [0.4, 0.5) is 0 Å². The van der Waals surface area contributed by atoms with Crippen LogP contribution in [0, 0.1) is 11.3 Å². The molecule has 7 nitrogen and oxygen atoms in total. The molecule has 1 aromatic heterocycles. The number of carbonyl (C=O) groups excluding carboxylic acids is 1. The van der Waals surface area contributed by atoms with Crippen molar-refractivity contribution in [1.29, 1.82) is 0 Å². The van der Waals surface area contributed by atoms with Crippen molar-refractivity contribution in [2.24, 2.45) is 11.3 Å². The smallest absolute Gasteiger partial charge is 0.306 e. The van der Waals surface area contributed by atoms with E-state index in [-0.39, 0.29) is 29.3 Å². The second kappa shape index (κ2) is 9.72. The molecule has 1 spiro atoms. The number of aromatic nitrogens is 2. The van der Waals surface area contributed by atoms with Crippen LogP contribution < -0.4 is 10.1 Å². The molecule has 4 aromatic rings. The van der Waals surface area contributed by atoms with Gasteiger partial charge in [0, 0.05) is 11.4 Å². The van der Waals surface area contributed by atoms with Gasteiger partial charge >= 0.3 is 5.97 Å². The van der Waals surface area contributed by atoms with E-state index in [1.54, 1.807) is 25.4 Å². The monoisotopic (exact) mass is 543 g/mol. The quantitative estimate of drug-likeness (QED) is 0.283. The Labute approximate surface area is 231 Å². The number of carboxylic acids is 1. The van der Waals surface area contributed by atoms with Crippen molar-refractivity contribution in [3.63, 3.8) is 0 Å². The van der Waals surface area contributed by atoms with Gasteiger partial charge in [0.15, 0.2) is 0 Å². The molecule has 2 saturated carbocycles. The van der Waals surface area contributed by atoms with Crippen LogP contribution in [-0.4, -0.2) is 39.9 Å². The topological polar surface area (TPSA) is 93.5 Å². The molecule has 0 unspecified atom stereocenters. The number of hydrogen-bond acceptors (Lipinski definition) is 4. The maximum Gasteiger partial charge on any atom is 0.306 e. The molecule has 2 N–H and O–H groups in total. The Morgan fingerprint density at radius 3 is 2.51 bits per heavy atom. The van der Waals surface area contributed by atoms with Crippen LogP contribution >= 0.6 is 11.6 Å². The van der Waals surface area contributed by atoms with Gasteiger partial charge in [0.25, 0.3) is 5.91 Å². The molecule has 3 aromatic carbocycles. The van der Waals surface area contributed by atoms with Gasteiger partial charge in [-0.3, -0.25) is 14.3 Å². The summed E-state index contributed by atoms with van der Waals surface area (Å²) < 4.78 is 7.22. The number of amides is 1. The van der Waals surface area contributed by atoms with Gasteiger partial charge in [0.05, 0.1) is 41.4 Å². The van der Waals surface area contributed by atoms with Crippen LogP contribution in [0.15, 0.2) is 66.9 Å². The van der Waals surface area contributed by atoms with Crippen molar-refractivity contribution in [2.75, 3.05) is 7.11 Å². The first-order valence-electron chi connectivity index (χ1n) is 13.2. The largest absolute Gasteiger partial charge is 0.497 e. The maximum atomic E-state index is 13.4. The third-order valence-corrected chi connectivity index (χ3v) is 8.84. The van der Waals surface area contributed by atoms with Crippen LogP contribution in [-0.2, 0) is 4.79 Å². The SMILES string of the molecule is COc1cccc(-c2ccc([C@@H](C)n3ncc4c(Cl)ccc(C(=O)NC5CC6(C5)CC(C(=O)O)C6)c43)cc2)c1. The van der Waals surface area contributed by atoms with Crippen molar-refractivity contribution in [3.8, 4) is 16.9 Å². The minimum Gasteiger partial charge on any atom is -0.497 e. The van der Waals surface area contributed by atoms with E-state index in [9.17, 15) is 14.7 Å². The lowest BCUT2D eigenvalue weighted by Gasteiger charge is -2.56. The van der Waals surface area contributed by atoms with Crippen LogP contribution in [0.3, 0.4) is 0 Å². The first-order chi connectivity index (χ1) is 18.8. The predicted molar refractivity (Wildman–Crippen MR) is 150 cm³/mol. The lowest BCUT2D eigenvalue weighted by atomic mass is 9.50. The van der Waals surface area contributed by atoms with E-state index in [0.29, 0.717) is 28.9 Å². The highest BCUT2D eigenvalue weighted by Gasteiger charge is 2.55. The normalized spacial score (nSPS) is 22.6. The van der Waals surface area contributed by atoms with Gasteiger partial charge in [-0.25, -0.2) is 0 Å². The van der Waals surface area contributed by atoms with E-state index < -0.39 is 5.97 Å². The molecule has 200 valence electrons. The van der Waals surface area contributed by atoms with Gasteiger partial charge < -0.3 is 15.2 Å². The number of methoxy groups -OCH3 is 1. The Kier molecular flexibility index (Phi) is 6.34. The first kappa shape index (κ1) is 25.4. The molecule has 2 aliphatic carbocycles. The van der Waals surface area contributed by atoms with E-state index in [4.69, 9.17) is 16.3 Å². The summed E-state index contributed by atoms with van der Waals surface area (Å²) in [5.74, 6) is -0.301. The second-order valence-corrected chi connectivity index (χ2v) is 11.4. The lowest BCUT2D eigenvalue weighted by molar-refractivity contribution is -0.155. The highest BCUT2D eigenvalue weighted by atomic mass is 35.5. The fraction of sp³-hybridized carbons (Fsp3) is 0.323. The number of nitrogens with zero attached hydrogens (tertiary/aromatic N) is 2. The maximum absolute atomic E-state index is 13.4. The molecular weight excluding hydrogens is 514 g/mol. The van der Waals surface area contributed by atoms with Crippen LogP contribution in [0.25, 0.3) is 22.0 Å². The predicted octanol–water partition coefficient (Wildman–Crippen LogP) is 6.35. The summed E-state index contributed by atoms with van der Waals surface area (Å²) in [6.45, 7) is 2.06. The Balaban J connectivity index is 1.22. The van der Waals surface area contributed by atoms with Crippen molar-refractivity contribution < 1.29 is 19.4 Å². The molecule has 2 fully saturated rings. The van der Waals surface area contributed by atoms with Crippen molar-refractivity contribution in [1.82, 2.24) is 15.1 Å². The summed E-state index contributed by atoms with van der Waals surface area (Å²) in [7, 11) is 1.66. The number of fused-ring (bicyclic) bond motifs is 1. The molecule has 2 aliphatic rings. The standard InChI is InChI=1S/C31H30ClN3O4/c1-18(19-6-8-20(9-7-19)21-4-3-5-24(12-21)39-2)35-28-25(10-11-27(32)26(28)17-33-35)29(36)34-23-15-31(16-23)13-22(14-31)30(37)38/h3-12,17-18,22-23H,13-16H2,1-2H3,(H,34,36)(H,37,38)/t18-,22?,23?,31?/m1/s1. The number of rotatable bonds is 7.